The number of benzene rings is 2. The molecule has 23 heavy (non-hydrogen) atoms. The van der Waals surface area contributed by atoms with Gasteiger partial charge in [-0.25, -0.2) is 8.78 Å². The highest BCUT2D eigenvalue weighted by atomic mass is 32.2. The summed E-state index contributed by atoms with van der Waals surface area (Å²) in [6, 6.07) is 11.2. The van der Waals surface area contributed by atoms with Crippen molar-refractivity contribution in [2.24, 2.45) is 0 Å². The first kappa shape index (κ1) is 17.5. The summed E-state index contributed by atoms with van der Waals surface area (Å²) in [7, 11) is 0. The second kappa shape index (κ2) is 8.11. The van der Waals surface area contributed by atoms with Gasteiger partial charge < -0.3 is 5.32 Å². The maximum Gasteiger partial charge on any atom is 0.251 e. The first-order valence-corrected chi connectivity index (χ1v) is 8.61. The molecule has 0 bridgehead atoms. The molecule has 2 rings (SSSR count). The fraction of sp³-hybridized carbons (Fsp3) is 0.278. The van der Waals surface area contributed by atoms with Crippen LogP contribution in [-0.2, 0) is 6.42 Å². The SMILES string of the molecule is CSc1ccc(C(=O)NC(C)CCc2ccc(F)c(F)c2)cc1. The van der Waals surface area contributed by atoms with E-state index in [0.717, 1.165) is 11.0 Å². The van der Waals surface area contributed by atoms with E-state index in [-0.39, 0.29) is 11.9 Å². The Labute approximate surface area is 139 Å². The average molecular weight is 335 g/mol. The molecule has 0 spiro atoms. The van der Waals surface area contributed by atoms with Crippen molar-refractivity contribution in [3.63, 3.8) is 0 Å². The van der Waals surface area contributed by atoms with Crippen molar-refractivity contribution in [3.8, 4) is 0 Å². The van der Waals surface area contributed by atoms with Crippen LogP contribution in [0, 0.1) is 11.6 Å². The molecule has 0 heterocycles. The van der Waals surface area contributed by atoms with Crippen molar-refractivity contribution in [3.05, 3.63) is 65.2 Å². The lowest BCUT2D eigenvalue weighted by Gasteiger charge is -2.14. The van der Waals surface area contributed by atoms with E-state index in [1.54, 1.807) is 30.0 Å². The van der Waals surface area contributed by atoms with Crippen LogP contribution >= 0.6 is 11.8 Å². The Bertz CT molecular complexity index is 673. The van der Waals surface area contributed by atoms with Crippen LogP contribution in [0.5, 0.6) is 0 Å². The van der Waals surface area contributed by atoms with E-state index < -0.39 is 11.6 Å². The zero-order valence-electron chi connectivity index (χ0n) is 13.1. The largest absolute Gasteiger partial charge is 0.350 e. The van der Waals surface area contributed by atoms with E-state index in [1.807, 2.05) is 25.3 Å². The van der Waals surface area contributed by atoms with Gasteiger partial charge in [0.15, 0.2) is 11.6 Å². The van der Waals surface area contributed by atoms with Crippen molar-refractivity contribution in [1.82, 2.24) is 5.32 Å². The molecule has 1 N–H and O–H groups in total. The van der Waals surface area contributed by atoms with Crippen molar-refractivity contribution in [2.45, 2.75) is 30.7 Å². The molecule has 0 aliphatic rings. The van der Waals surface area contributed by atoms with Crippen LogP contribution < -0.4 is 5.32 Å². The molecule has 5 heteroatoms. The Morgan fingerprint density at radius 2 is 1.83 bits per heavy atom. The fourth-order valence-electron chi connectivity index (χ4n) is 2.20. The van der Waals surface area contributed by atoms with Gasteiger partial charge in [-0.15, -0.1) is 11.8 Å². The van der Waals surface area contributed by atoms with Crippen LogP contribution in [0.25, 0.3) is 0 Å². The second-order valence-electron chi connectivity index (χ2n) is 5.39. The molecule has 0 saturated carbocycles. The number of rotatable bonds is 6. The number of carbonyl (C=O) groups is 1. The zero-order chi connectivity index (χ0) is 16.8. The summed E-state index contributed by atoms with van der Waals surface area (Å²) in [6.45, 7) is 1.90. The van der Waals surface area contributed by atoms with Crippen LogP contribution in [-0.4, -0.2) is 18.2 Å². The van der Waals surface area contributed by atoms with Crippen LogP contribution in [0.3, 0.4) is 0 Å². The standard InChI is InChI=1S/C18H19F2NOS/c1-12(3-4-13-5-10-16(19)17(20)11-13)21-18(22)14-6-8-15(23-2)9-7-14/h5-12H,3-4H2,1-2H3,(H,21,22). The van der Waals surface area contributed by atoms with Crippen LogP contribution in [0.1, 0.15) is 29.3 Å². The van der Waals surface area contributed by atoms with Crippen LogP contribution in [0.2, 0.25) is 0 Å². The number of thioether (sulfide) groups is 1. The van der Waals surface area contributed by atoms with Gasteiger partial charge in [0.1, 0.15) is 0 Å². The summed E-state index contributed by atoms with van der Waals surface area (Å²) in [5, 5.41) is 2.92. The van der Waals surface area contributed by atoms with E-state index >= 15 is 0 Å². The summed E-state index contributed by atoms with van der Waals surface area (Å²) in [6.07, 6.45) is 3.21. The van der Waals surface area contributed by atoms with Gasteiger partial charge in [-0.2, -0.15) is 0 Å². The number of aryl methyl sites for hydroxylation is 1. The zero-order valence-corrected chi connectivity index (χ0v) is 13.9. The number of hydrogen-bond acceptors (Lipinski definition) is 2. The molecule has 1 amide bonds. The number of nitrogens with one attached hydrogen (secondary N) is 1. The normalized spacial score (nSPS) is 12.0. The Kier molecular flexibility index (Phi) is 6.16. The fourth-order valence-corrected chi connectivity index (χ4v) is 2.61. The summed E-state index contributed by atoms with van der Waals surface area (Å²) in [5.74, 6) is -1.81. The van der Waals surface area contributed by atoms with Crippen molar-refractivity contribution in [1.29, 1.82) is 0 Å². The van der Waals surface area contributed by atoms with Gasteiger partial charge in [-0.3, -0.25) is 4.79 Å². The lowest BCUT2D eigenvalue weighted by atomic mass is 10.1. The highest BCUT2D eigenvalue weighted by molar-refractivity contribution is 7.98. The highest BCUT2D eigenvalue weighted by Gasteiger charge is 2.10. The third-order valence-corrected chi connectivity index (χ3v) is 4.32. The van der Waals surface area contributed by atoms with Gasteiger partial charge in [0.25, 0.3) is 5.91 Å². The Hall–Kier alpha value is -1.88. The summed E-state index contributed by atoms with van der Waals surface area (Å²) >= 11 is 1.62. The first-order chi connectivity index (χ1) is 11.0. The van der Waals surface area contributed by atoms with Gasteiger partial charge in [-0.05, 0) is 68.0 Å². The lowest BCUT2D eigenvalue weighted by molar-refractivity contribution is 0.0938. The number of hydrogen-bond donors (Lipinski definition) is 1. The predicted molar refractivity (Wildman–Crippen MR) is 89.8 cm³/mol. The number of carbonyl (C=O) groups excluding carboxylic acids is 1. The van der Waals surface area contributed by atoms with Crippen LogP contribution in [0.15, 0.2) is 47.4 Å². The maximum absolute atomic E-state index is 13.2. The number of halogens is 2. The minimum Gasteiger partial charge on any atom is -0.350 e. The molecule has 0 radical (unpaired) electrons. The van der Waals surface area contributed by atoms with E-state index in [2.05, 4.69) is 5.32 Å². The quantitative estimate of drug-likeness (QED) is 0.791. The van der Waals surface area contributed by atoms with Gasteiger partial charge >= 0.3 is 0 Å². The molecule has 2 nitrogen and oxygen atoms in total. The molecule has 0 saturated heterocycles. The van der Waals surface area contributed by atoms with E-state index in [4.69, 9.17) is 0 Å². The lowest BCUT2D eigenvalue weighted by Crippen LogP contribution is -2.32. The molecular formula is C18H19F2NOS. The van der Waals surface area contributed by atoms with Gasteiger partial charge in [0.05, 0.1) is 0 Å². The van der Waals surface area contributed by atoms with E-state index in [0.29, 0.717) is 24.0 Å². The summed E-state index contributed by atoms with van der Waals surface area (Å²) in [4.78, 5) is 13.2. The van der Waals surface area contributed by atoms with Gasteiger partial charge in [-0.1, -0.05) is 6.07 Å². The molecule has 1 atom stereocenters. The highest BCUT2D eigenvalue weighted by Crippen LogP contribution is 2.15. The van der Waals surface area contributed by atoms with Gasteiger partial charge in [0.2, 0.25) is 0 Å². The van der Waals surface area contributed by atoms with Crippen LogP contribution in [0.4, 0.5) is 8.78 Å². The maximum atomic E-state index is 13.2. The van der Waals surface area contributed by atoms with Gasteiger partial charge in [0, 0.05) is 16.5 Å². The molecular weight excluding hydrogens is 316 g/mol. The molecule has 0 aromatic heterocycles. The molecule has 0 aliphatic heterocycles. The molecule has 2 aromatic carbocycles. The summed E-state index contributed by atoms with van der Waals surface area (Å²) in [5.41, 5.74) is 1.33. The Morgan fingerprint density at radius 3 is 2.43 bits per heavy atom. The van der Waals surface area contributed by atoms with Crippen molar-refractivity contribution in [2.75, 3.05) is 6.26 Å². The molecule has 122 valence electrons. The second-order valence-corrected chi connectivity index (χ2v) is 6.27. The molecule has 0 aliphatic carbocycles. The predicted octanol–water partition coefficient (Wildman–Crippen LogP) is 4.44. The van der Waals surface area contributed by atoms with Crippen molar-refractivity contribution >= 4 is 17.7 Å². The molecule has 2 aromatic rings. The molecule has 0 fully saturated rings. The van der Waals surface area contributed by atoms with E-state index in [1.165, 1.54) is 6.07 Å². The molecule has 1 unspecified atom stereocenters. The monoisotopic (exact) mass is 335 g/mol. The van der Waals surface area contributed by atoms with Crippen molar-refractivity contribution < 1.29 is 13.6 Å². The topological polar surface area (TPSA) is 29.1 Å². The first-order valence-electron chi connectivity index (χ1n) is 7.38. The Balaban J connectivity index is 1.86. The minimum atomic E-state index is -0.844. The third-order valence-electron chi connectivity index (χ3n) is 3.58. The average Bonchev–Trinajstić information content (AvgIpc) is 2.56. The smallest absolute Gasteiger partial charge is 0.251 e. The third kappa shape index (κ3) is 5.06. The van der Waals surface area contributed by atoms with E-state index in [9.17, 15) is 13.6 Å². The number of amides is 1. The Morgan fingerprint density at radius 1 is 1.13 bits per heavy atom. The minimum absolute atomic E-state index is 0.0594. The summed E-state index contributed by atoms with van der Waals surface area (Å²) < 4.78 is 26.0.